The van der Waals surface area contributed by atoms with Crippen molar-refractivity contribution in [3.63, 3.8) is 0 Å². The van der Waals surface area contributed by atoms with Crippen molar-refractivity contribution in [2.75, 3.05) is 17.9 Å². The van der Waals surface area contributed by atoms with Crippen LogP contribution in [-0.2, 0) is 11.8 Å². The van der Waals surface area contributed by atoms with Crippen LogP contribution in [-0.4, -0.2) is 44.0 Å². The number of nitro benzene ring substituents is 1. The summed E-state index contributed by atoms with van der Waals surface area (Å²) in [4.78, 5) is 36.0. The van der Waals surface area contributed by atoms with Crippen LogP contribution < -0.4 is 20.1 Å². The van der Waals surface area contributed by atoms with E-state index in [0.717, 1.165) is 0 Å². The smallest absolute Gasteiger partial charge is 0.271 e. The monoisotopic (exact) mass is 526 g/mol. The molecule has 4 rings (SSSR count). The molecule has 37 heavy (non-hydrogen) atoms. The molecule has 0 spiro atoms. The maximum Gasteiger partial charge on any atom is 0.271 e. The number of thioether (sulfide) groups is 1. The van der Waals surface area contributed by atoms with E-state index >= 15 is 0 Å². The van der Waals surface area contributed by atoms with Crippen LogP contribution >= 0.6 is 11.8 Å². The Kier molecular flexibility index (Phi) is 7.62. The molecule has 1 atom stereocenters. The molecule has 0 bridgehead atoms. The molecule has 194 valence electrons. The lowest BCUT2D eigenvalue weighted by molar-refractivity contribution is -0.384. The second-order valence-corrected chi connectivity index (χ2v) is 9.70. The molecule has 0 aliphatic carbocycles. The minimum Gasteiger partial charge on any atom is -0.454 e. The Hall–Kier alpha value is -4.13. The predicted molar refractivity (Wildman–Crippen MR) is 136 cm³/mol. The summed E-state index contributed by atoms with van der Waals surface area (Å²) in [5, 5.41) is 25.7. The van der Waals surface area contributed by atoms with Gasteiger partial charge in [-0.15, -0.1) is 10.2 Å². The summed E-state index contributed by atoms with van der Waals surface area (Å²) >= 11 is 1.17. The van der Waals surface area contributed by atoms with Crippen LogP contribution in [0.3, 0.4) is 0 Å². The summed E-state index contributed by atoms with van der Waals surface area (Å²) in [6.45, 7) is 5.80. The van der Waals surface area contributed by atoms with Crippen LogP contribution in [0.2, 0.25) is 0 Å². The highest BCUT2D eigenvalue weighted by molar-refractivity contribution is 7.99. The standard InChI is InChI=1S/C24H26N6O6S/c1-13(2)21(26-23(32)15-6-8-18-19(9-15)36-12-35-18)22-27-28-24(29(22)4)37-11-20(31)25-17-10-16(30(33)34)7-5-14(17)3/h5-10,13,21H,11-12H2,1-4H3,(H,25,31)(H,26,32). The molecular weight excluding hydrogens is 500 g/mol. The van der Waals surface area contributed by atoms with E-state index in [4.69, 9.17) is 9.47 Å². The number of amides is 2. The highest BCUT2D eigenvalue weighted by Crippen LogP contribution is 2.33. The number of nitro groups is 1. The third-order valence-electron chi connectivity index (χ3n) is 5.77. The number of fused-ring (bicyclic) bond motifs is 1. The third-order valence-corrected chi connectivity index (χ3v) is 6.79. The number of aromatic nitrogens is 3. The second-order valence-electron chi connectivity index (χ2n) is 8.76. The number of non-ortho nitro benzene ring substituents is 1. The Morgan fingerprint density at radius 2 is 1.92 bits per heavy atom. The lowest BCUT2D eigenvalue weighted by Gasteiger charge is -2.21. The van der Waals surface area contributed by atoms with Gasteiger partial charge in [-0.1, -0.05) is 31.7 Å². The van der Waals surface area contributed by atoms with Gasteiger partial charge in [0.25, 0.3) is 11.6 Å². The number of hydrogen-bond donors (Lipinski definition) is 2. The van der Waals surface area contributed by atoms with Crippen molar-refractivity contribution in [3.05, 3.63) is 63.5 Å². The van der Waals surface area contributed by atoms with Crippen molar-refractivity contribution in [1.82, 2.24) is 20.1 Å². The number of carbonyl (C=O) groups is 2. The second kappa shape index (κ2) is 10.9. The average Bonchev–Trinajstić information content (AvgIpc) is 3.48. The fraction of sp³-hybridized carbons (Fsp3) is 0.333. The van der Waals surface area contributed by atoms with Gasteiger partial charge in [0, 0.05) is 24.7 Å². The van der Waals surface area contributed by atoms with E-state index in [0.29, 0.717) is 39.3 Å². The van der Waals surface area contributed by atoms with Crippen LogP contribution in [0, 0.1) is 23.0 Å². The summed E-state index contributed by atoms with van der Waals surface area (Å²) in [5.74, 6) is 1.04. The minimum atomic E-state index is -0.513. The highest BCUT2D eigenvalue weighted by Gasteiger charge is 2.26. The summed E-state index contributed by atoms with van der Waals surface area (Å²) in [6, 6.07) is 8.85. The molecule has 12 nitrogen and oxygen atoms in total. The maximum absolute atomic E-state index is 13.0. The van der Waals surface area contributed by atoms with E-state index in [1.807, 2.05) is 13.8 Å². The Morgan fingerprint density at radius 3 is 2.65 bits per heavy atom. The summed E-state index contributed by atoms with van der Waals surface area (Å²) in [5.41, 5.74) is 1.42. The number of ether oxygens (including phenoxy) is 2. The Labute approximate surface area is 216 Å². The Morgan fingerprint density at radius 1 is 1.16 bits per heavy atom. The maximum atomic E-state index is 13.0. The largest absolute Gasteiger partial charge is 0.454 e. The fourth-order valence-electron chi connectivity index (χ4n) is 3.69. The summed E-state index contributed by atoms with van der Waals surface area (Å²) in [7, 11) is 1.77. The van der Waals surface area contributed by atoms with Crippen molar-refractivity contribution >= 4 is 35.0 Å². The molecule has 1 aromatic heterocycles. The number of nitrogens with zero attached hydrogens (tertiary/aromatic N) is 4. The van der Waals surface area contributed by atoms with Gasteiger partial charge in [0.1, 0.15) is 0 Å². The number of nitrogens with one attached hydrogen (secondary N) is 2. The first-order chi connectivity index (χ1) is 17.6. The molecule has 2 aromatic carbocycles. The van der Waals surface area contributed by atoms with E-state index in [2.05, 4.69) is 20.8 Å². The van der Waals surface area contributed by atoms with Crippen LogP contribution in [0.25, 0.3) is 0 Å². The number of rotatable bonds is 9. The number of benzene rings is 2. The quantitative estimate of drug-likeness (QED) is 0.242. The van der Waals surface area contributed by atoms with Crippen molar-refractivity contribution in [3.8, 4) is 11.5 Å². The van der Waals surface area contributed by atoms with Gasteiger partial charge in [-0.05, 0) is 36.6 Å². The van der Waals surface area contributed by atoms with Crippen molar-refractivity contribution in [1.29, 1.82) is 0 Å². The van der Waals surface area contributed by atoms with Gasteiger partial charge >= 0.3 is 0 Å². The third kappa shape index (κ3) is 5.82. The lowest BCUT2D eigenvalue weighted by atomic mass is 10.0. The molecule has 2 N–H and O–H groups in total. The minimum absolute atomic E-state index is 0.00106. The van der Waals surface area contributed by atoms with E-state index in [1.54, 1.807) is 42.8 Å². The average molecular weight is 527 g/mol. The van der Waals surface area contributed by atoms with Gasteiger partial charge in [-0.3, -0.25) is 19.7 Å². The molecule has 2 heterocycles. The number of hydrogen-bond acceptors (Lipinski definition) is 9. The van der Waals surface area contributed by atoms with E-state index < -0.39 is 11.0 Å². The summed E-state index contributed by atoms with van der Waals surface area (Å²) in [6.07, 6.45) is 0. The zero-order valence-corrected chi connectivity index (χ0v) is 21.5. The zero-order valence-electron chi connectivity index (χ0n) is 20.7. The zero-order chi connectivity index (χ0) is 26.7. The normalized spacial score (nSPS) is 12.9. The van der Waals surface area contributed by atoms with Gasteiger partial charge in [0.15, 0.2) is 22.5 Å². The topological polar surface area (TPSA) is 151 Å². The molecule has 0 fully saturated rings. The predicted octanol–water partition coefficient (Wildman–Crippen LogP) is 3.62. The van der Waals surface area contributed by atoms with Crippen molar-refractivity contribution < 1.29 is 24.0 Å². The molecule has 0 saturated carbocycles. The number of aryl methyl sites for hydroxylation is 1. The fourth-order valence-corrected chi connectivity index (χ4v) is 4.41. The molecule has 0 saturated heterocycles. The van der Waals surface area contributed by atoms with E-state index in [-0.39, 0.29) is 36.0 Å². The van der Waals surface area contributed by atoms with Crippen molar-refractivity contribution in [2.24, 2.45) is 13.0 Å². The van der Waals surface area contributed by atoms with Crippen LogP contribution in [0.15, 0.2) is 41.6 Å². The van der Waals surface area contributed by atoms with Gasteiger partial charge in [-0.25, -0.2) is 0 Å². The molecule has 3 aromatic rings. The molecule has 2 amide bonds. The number of anilines is 1. The first kappa shape index (κ1) is 25.9. The molecule has 1 aliphatic heterocycles. The SMILES string of the molecule is Cc1ccc([N+](=O)[O-])cc1NC(=O)CSc1nnc(C(NC(=O)c2ccc3c(c2)OCO3)C(C)C)n1C. The Balaban J connectivity index is 1.42. The van der Waals surface area contributed by atoms with E-state index in [9.17, 15) is 19.7 Å². The van der Waals surface area contributed by atoms with E-state index in [1.165, 1.54) is 23.9 Å². The molecular formula is C24H26N6O6S. The van der Waals surface area contributed by atoms with Gasteiger partial charge in [0.05, 0.1) is 22.4 Å². The Bertz CT molecular complexity index is 1360. The summed E-state index contributed by atoms with van der Waals surface area (Å²) < 4.78 is 12.4. The lowest BCUT2D eigenvalue weighted by Crippen LogP contribution is -2.33. The van der Waals surface area contributed by atoms with Gasteiger partial charge in [0.2, 0.25) is 12.7 Å². The molecule has 13 heteroatoms. The first-order valence-corrected chi connectivity index (χ1v) is 12.4. The van der Waals surface area contributed by atoms with Gasteiger partial charge < -0.3 is 24.7 Å². The van der Waals surface area contributed by atoms with Crippen LogP contribution in [0.5, 0.6) is 11.5 Å². The van der Waals surface area contributed by atoms with Crippen LogP contribution in [0.4, 0.5) is 11.4 Å². The van der Waals surface area contributed by atoms with Gasteiger partial charge in [-0.2, -0.15) is 0 Å². The molecule has 1 aliphatic rings. The number of carbonyl (C=O) groups excluding carboxylic acids is 2. The van der Waals surface area contributed by atoms with Crippen molar-refractivity contribution in [2.45, 2.75) is 32.0 Å². The molecule has 1 unspecified atom stereocenters. The van der Waals surface area contributed by atoms with Crippen LogP contribution in [0.1, 0.15) is 41.6 Å². The first-order valence-electron chi connectivity index (χ1n) is 11.4. The highest BCUT2D eigenvalue weighted by atomic mass is 32.2. The molecule has 0 radical (unpaired) electrons.